The summed E-state index contributed by atoms with van der Waals surface area (Å²) in [5, 5.41) is 36.9. The number of hydrogen-bond acceptors (Lipinski definition) is 5. The second-order valence-electron chi connectivity index (χ2n) is 10.2. The van der Waals surface area contributed by atoms with Crippen molar-refractivity contribution in [2.24, 2.45) is 10.8 Å². The average Bonchev–Trinajstić information content (AvgIpc) is 2.83. The highest BCUT2D eigenvalue weighted by atomic mass is 19.3. The molecule has 0 bridgehead atoms. The van der Waals surface area contributed by atoms with Crippen molar-refractivity contribution in [2.75, 3.05) is 26.2 Å². The molecule has 3 unspecified atom stereocenters. The molecule has 1 aromatic rings. The van der Waals surface area contributed by atoms with Gasteiger partial charge in [0.1, 0.15) is 25.0 Å². The number of alkyl halides is 2. The zero-order valence-electron chi connectivity index (χ0n) is 21.2. The Labute approximate surface area is 217 Å². The normalized spacial score (nSPS) is 28.5. The molecule has 38 heavy (non-hydrogen) atoms. The first-order chi connectivity index (χ1) is 17.6. The molecule has 13 heteroatoms. The van der Waals surface area contributed by atoms with Gasteiger partial charge < -0.3 is 25.3 Å². The van der Waals surface area contributed by atoms with Gasteiger partial charge in [-0.3, -0.25) is 14.4 Å². The van der Waals surface area contributed by atoms with Gasteiger partial charge in [-0.15, -0.1) is 0 Å². The Morgan fingerprint density at radius 2 is 1.47 bits per heavy atom. The molecule has 0 saturated carbocycles. The monoisotopic (exact) mass is 543 g/mol. The van der Waals surface area contributed by atoms with Crippen LogP contribution in [0.15, 0.2) is 30.3 Å². The lowest BCUT2D eigenvalue weighted by Gasteiger charge is -2.43. The number of aliphatic carboxylic acids is 2. The Kier molecular flexibility index (Phi) is 9.20. The van der Waals surface area contributed by atoms with E-state index in [1.165, 1.54) is 6.92 Å². The molecule has 4 N–H and O–H groups in total. The highest BCUT2D eigenvalue weighted by Gasteiger charge is 2.56. The number of carbonyl (C=O) groups is 5. The summed E-state index contributed by atoms with van der Waals surface area (Å²) in [4.78, 5) is 57.8. The van der Waals surface area contributed by atoms with Gasteiger partial charge in [-0.25, -0.2) is 18.1 Å². The van der Waals surface area contributed by atoms with Crippen LogP contribution in [0.3, 0.4) is 0 Å². The number of quaternary nitrogens is 1. The summed E-state index contributed by atoms with van der Waals surface area (Å²) in [6.07, 6.45) is -3.37. The SMILES string of the molecule is CCC1(C(=O)O)CC(=O)C[N+](Cc2ccccc2)(C(=O)O)C1.CCC1(C(=O)O)CN(C(=O)O)CC(F)(F)C1. The highest BCUT2D eigenvalue weighted by Crippen LogP contribution is 2.41. The topological polar surface area (TPSA) is 170 Å². The fourth-order valence-corrected chi connectivity index (χ4v) is 5.21. The summed E-state index contributed by atoms with van der Waals surface area (Å²) in [5.74, 6) is -6.07. The molecule has 2 aliphatic rings. The van der Waals surface area contributed by atoms with Crippen molar-refractivity contribution in [2.45, 2.75) is 52.0 Å². The predicted octanol–water partition coefficient (Wildman–Crippen LogP) is 3.62. The van der Waals surface area contributed by atoms with Crippen molar-refractivity contribution in [1.82, 2.24) is 4.90 Å². The molecule has 0 spiro atoms. The number of ketones is 1. The molecule has 2 amide bonds. The molecule has 2 saturated heterocycles. The first-order valence-electron chi connectivity index (χ1n) is 12.0. The Bertz CT molecular complexity index is 1080. The lowest BCUT2D eigenvalue weighted by Crippen LogP contribution is -2.64. The van der Waals surface area contributed by atoms with Gasteiger partial charge in [0, 0.05) is 24.9 Å². The molecule has 0 aliphatic carbocycles. The Morgan fingerprint density at radius 3 is 1.92 bits per heavy atom. The number of likely N-dealkylation sites (tertiary alicyclic amines) is 2. The van der Waals surface area contributed by atoms with E-state index in [0.717, 1.165) is 5.56 Å². The van der Waals surface area contributed by atoms with Crippen LogP contribution in [-0.4, -0.2) is 91.8 Å². The zero-order chi connectivity index (χ0) is 28.9. The minimum Gasteiger partial charge on any atom is -0.481 e. The third-order valence-corrected chi connectivity index (χ3v) is 7.40. The van der Waals surface area contributed by atoms with E-state index in [1.54, 1.807) is 31.2 Å². The number of carboxylic acids is 2. The molecule has 210 valence electrons. The summed E-state index contributed by atoms with van der Waals surface area (Å²) >= 11 is 0. The molecule has 3 rings (SSSR count). The van der Waals surface area contributed by atoms with E-state index >= 15 is 0 Å². The molecule has 2 fully saturated rings. The average molecular weight is 544 g/mol. The van der Waals surface area contributed by atoms with Gasteiger partial charge in [0.05, 0.1) is 12.0 Å². The molecule has 2 aliphatic heterocycles. The Hall–Kier alpha value is -3.61. The van der Waals surface area contributed by atoms with Crippen LogP contribution in [0, 0.1) is 10.8 Å². The fraction of sp³-hybridized carbons (Fsp3) is 0.560. The number of nitrogens with zero attached hydrogens (tertiary/aromatic N) is 2. The van der Waals surface area contributed by atoms with E-state index in [2.05, 4.69) is 0 Å². The van der Waals surface area contributed by atoms with Gasteiger partial charge in [0.2, 0.25) is 0 Å². The number of halogens is 2. The number of hydrogen-bond donors (Lipinski definition) is 4. The largest absolute Gasteiger partial charge is 0.514 e. The summed E-state index contributed by atoms with van der Waals surface area (Å²) in [5.41, 5.74) is -2.21. The molecule has 3 atom stereocenters. The first-order valence-corrected chi connectivity index (χ1v) is 12.0. The third-order valence-electron chi connectivity index (χ3n) is 7.40. The first kappa shape index (κ1) is 30.6. The van der Waals surface area contributed by atoms with Gasteiger partial charge in [0.15, 0.2) is 5.78 Å². The Balaban J connectivity index is 0.000000281. The van der Waals surface area contributed by atoms with Crippen LogP contribution in [0.5, 0.6) is 0 Å². The van der Waals surface area contributed by atoms with E-state index in [4.69, 9.17) is 10.2 Å². The van der Waals surface area contributed by atoms with Gasteiger partial charge >= 0.3 is 24.1 Å². The zero-order valence-corrected chi connectivity index (χ0v) is 21.2. The lowest BCUT2D eigenvalue weighted by atomic mass is 9.76. The predicted molar refractivity (Wildman–Crippen MR) is 128 cm³/mol. The van der Waals surface area contributed by atoms with Crippen LogP contribution in [-0.2, 0) is 20.9 Å². The van der Waals surface area contributed by atoms with Gasteiger partial charge in [-0.2, -0.15) is 4.79 Å². The maximum absolute atomic E-state index is 13.3. The maximum atomic E-state index is 13.3. The Morgan fingerprint density at radius 1 is 0.921 bits per heavy atom. The summed E-state index contributed by atoms with van der Waals surface area (Å²) in [6, 6.07) is 8.99. The van der Waals surface area contributed by atoms with Gasteiger partial charge in [-0.1, -0.05) is 44.2 Å². The number of rotatable bonds is 6. The third kappa shape index (κ3) is 6.63. The molecular formula is C25H33F2N2O9+. The molecule has 1 aromatic carbocycles. The van der Waals surface area contributed by atoms with E-state index < -0.39 is 58.3 Å². The van der Waals surface area contributed by atoms with Crippen molar-refractivity contribution in [3.05, 3.63) is 35.9 Å². The second kappa shape index (κ2) is 11.4. The van der Waals surface area contributed by atoms with Crippen LogP contribution < -0.4 is 0 Å². The minimum atomic E-state index is -3.29. The van der Waals surface area contributed by atoms with Crippen LogP contribution >= 0.6 is 0 Å². The van der Waals surface area contributed by atoms with Crippen molar-refractivity contribution in [3.8, 4) is 0 Å². The van der Waals surface area contributed by atoms with Crippen molar-refractivity contribution in [1.29, 1.82) is 0 Å². The fourth-order valence-electron chi connectivity index (χ4n) is 5.21. The van der Waals surface area contributed by atoms with E-state index in [0.29, 0.717) is 4.90 Å². The van der Waals surface area contributed by atoms with Crippen LogP contribution in [0.4, 0.5) is 18.4 Å². The molecule has 0 aromatic heterocycles. The van der Waals surface area contributed by atoms with Gasteiger partial charge in [0.25, 0.3) is 5.92 Å². The number of carboxylic acid groups (broad SMARTS) is 4. The standard InChI is InChI=1S/C16H19NO5.C9H13F2NO4/c1-2-16(14(19)20)8-13(18)10-17(11-16,15(21)22)9-12-6-4-3-5-7-12;1-2-8(6(13)14)3-9(10,11)5-12(4-8)7(15)16/h3-7H,2,8-11H2,1H3,(H-,19,20,21,22);2-5H2,1H3,(H,13,14)(H,15,16)/p+1. The number of piperidine rings is 2. The van der Waals surface area contributed by atoms with Crippen molar-refractivity contribution < 1.29 is 57.7 Å². The minimum absolute atomic E-state index is 0.0261. The summed E-state index contributed by atoms with van der Waals surface area (Å²) in [6.45, 7) is 1.70. The highest BCUT2D eigenvalue weighted by molar-refractivity contribution is 5.89. The summed E-state index contributed by atoms with van der Waals surface area (Å²) in [7, 11) is 0. The van der Waals surface area contributed by atoms with Gasteiger partial charge in [-0.05, 0) is 12.8 Å². The smallest absolute Gasteiger partial charge is 0.481 e. The number of Topliss-reactive ketones (excluding diaryl/α,β-unsaturated/α-hetero) is 1. The van der Waals surface area contributed by atoms with Crippen molar-refractivity contribution in [3.63, 3.8) is 0 Å². The number of carbonyl (C=O) groups excluding carboxylic acids is 1. The maximum Gasteiger partial charge on any atom is 0.514 e. The quantitative estimate of drug-likeness (QED) is 0.391. The molecule has 2 heterocycles. The molecular weight excluding hydrogens is 510 g/mol. The number of benzene rings is 1. The van der Waals surface area contributed by atoms with Crippen LogP contribution in [0.25, 0.3) is 0 Å². The van der Waals surface area contributed by atoms with E-state index in [1.807, 2.05) is 6.07 Å². The van der Waals surface area contributed by atoms with E-state index in [9.17, 15) is 43.0 Å². The lowest BCUT2D eigenvalue weighted by molar-refractivity contribution is -0.871. The second-order valence-corrected chi connectivity index (χ2v) is 10.2. The van der Waals surface area contributed by atoms with E-state index in [-0.39, 0.29) is 51.2 Å². The molecule has 0 radical (unpaired) electrons. The van der Waals surface area contributed by atoms with Crippen LogP contribution in [0.2, 0.25) is 0 Å². The molecule has 11 nitrogen and oxygen atoms in total. The number of amides is 2. The summed E-state index contributed by atoms with van der Waals surface area (Å²) < 4.78 is 26.0. The van der Waals surface area contributed by atoms with Crippen LogP contribution in [0.1, 0.15) is 45.1 Å². The van der Waals surface area contributed by atoms with Crippen molar-refractivity contribution >= 4 is 29.9 Å².